The molecule has 0 spiro atoms. The molecule has 1 saturated heterocycles. The first kappa shape index (κ1) is 20.6. The van der Waals surface area contributed by atoms with E-state index in [1.807, 2.05) is 23.1 Å². The highest BCUT2D eigenvalue weighted by atomic mass is 16.5. The van der Waals surface area contributed by atoms with Gasteiger partial charge in [-0.05, 0) is 18.2 Å². The molecule has 0 atom stereocenters. The van der Waals surface area contributed by atoms with Crippen LogP contribution in [0.2, 0.25) is 0 Å². The quantitative estimate of drug-likeness (QED) is 0.594. The number of rotatable bonds is 6. The third kappa shape index (κ3) is 4.30. The Morgan fingerprint density at radius 1 is 1.03 bits per heavy atom. The average molecular weight is 423 g/mol. The van der Waals surface area contributed by atoms with Gasteiger partial charge in [-0.15, -0.1) is 0 Å². The van der Waals surface area contributed by atoms with Crippen LogP contribution in [-0.2, 0) is 11.3 Å². The van der Waals surface area contributed by atoms with Gasteiger partial charge in [0, 0.05) is 51.4 Å². The SMILES string of the molecule is COc1cc2ncn(CCC(=O)N3CCN(c4ccccn4)CC3)c(=O)c2cc1OC. The topological polar surface area (TPSA) is 89.8 Å². The molecule has 4 rings (SSSR count). The summed E-state index contributed by atoms with van der Waals surface area (Å²) in [6.07, 6.45) is 3.49. The van der Waals surface area contributed by atoms with E-state index in [2.05, 4.69) is 14.9 Å². The van der Waals surface area contributed by atoms with Crippen molar-refractivity contribution in [3.63, 3.8) is 0 Å². The number of nitrogens with zero attached hydrogens (tertiary/aromatic N) is 5. The predicted molar refractivity (Wildman–Crippen MR) is 117 cm³/mol. The fraction of sp³-hybridized carbons (Fsp3) is 0.364. The van der Waals surface area contributed by atoms with Crippen molar-refractivity contribution in [3.05, 3.63) is 53.2 Å². The molecule has 162 valence electrons. The largest absolute Gasteiger partial charge is 0.493 e. The van der Waals surface area contributed by atoms with Crippen molar-refractivity contribution in [1.29, 1.82) is 0 Å². The van der Waals surface area contributed by atoms with Crippen LogP contribution >= 0.6 is 0 Å². The van der Waals surface area contributed by atoms with Crippen molar-refractivity contribution >= 4 is 22.6 Å². The van der Waals surface area contributed by atoms with Gasteiger partial charge in [-0.1, -0.05) is 6.07 Å². The van der Waals surface area contributed by atoms with Crippen LogP contribution in [0.15, 0.2) is 47.7 Å². The first-order valence-corrected chi connectivity index (χ1v) is 10.2. The molecule has 0 unspecified atom stereocenters. The summed E-state index contributed by atoms with van der Waals surface area (Å²) in [6.45, 7) is 3.02. The van der Waals surface area contributed by atoms with Gasteiger partial charge in [0.15, 0.2) is 11.5 Å². The van der Waals surface area contributed by atoms with Crippen molar-refractivity contribution in [2.75, 3.05) is 45.3 Å². The van der Waals surface area contributed by atoms with E-state index in [0.717, 1.165) is 18.9 Å². The Kier molecular flexibility index (Phi) is 6.01. The second-order valence-corrected chi connectivity index (χ2v) is 7.27. The number of anilines is 1. The first-order valence-electron chi connectivity index (χ1n) is 10.2. The Balaban J connectivity index is 1.40. The molecule has 9 nitrogen and oxygen atoms in total. The van der Waals surface area contributed by atoms with E-state index >= 15 is 0 Å². The van der Waals surface area contributed by atoms with E-state index in [1.54, 1.807) is 18.3 Å². The summed E-state index contributed by atoms with van der Waals surface area (Å²) in [4.78, 5) is 38.3. The van der Waals surface area contributed by atoms with Gasteiger partial charge < -0.3 is 19.3 Å². The number of hydrogen-bond acceptors (Lipinski definition) is 7. The Labute approximate surface area is 179 Å². The number of carbonyl (C=O) groups is 1. The van der Waals surface area contributed by atoms with Crippen LogP contribution < -0.4 is 19.9 Å². The van der Waals surface area contributed by atoms with Gasteiger partial charge in [0.2, 0.25) is 5.91 Å². The van der Waals surface area contributed by atoms with Gasteiger partial charge in [-0.3, -0.25) is 14.2 Å². The van der Waals surface area contributed by atoms with Gasteiger partial charge in [0.25, 0.3) is 5.56 Å². The number of aryl methyl sites for hydroxylation is 1. The first-order chi connectivity index (χ1) is 15.1. The van der Waals surface area contributed by atoms with Gasteiger partial charge in [-0.25, -0.2) is 9.97 Å². The van der Waals surface area contributed by atoms with Gasteiger partial charge in [0.1, 0.15) is 5.82 Å². The average Bonchev–Trinajstić information content (AvgIpc) is 2.83. The molecule has 2 aromatic heterocycles. The molecular formula is C22H25N5O4. The third-order valence-corrected chi connectivity index (χ3v) is 5.50. The number of hydrogen-bond donors (Lipinski definition) is 0. The lowest BCUT2D eigenvalue weighted by atomic mass is 10.2. The zero-order valence-electron chi connectivity index (χ0n) is 17.7. The lowest BCUT2D eigenvalue weighted by molar-refractivity contribution is -0.131. The fourth-order valence-electron chi connectivity index (χ4n) is 3.74. The summed E-state index contributed by atoms with van der Waals surface area (Å²) in [5, 5.41) is 0.427. The molecule has 9 heteroatoms. The van der Waals surface area contributed by atoms with Crippen LogP contribution in [0.25, 0.3) is 10.9 Å². The lowest BCUT2D eigenvalue weighted by Gasteiger charge is -2.35. The Morgan fingerprint density at radius 2 is 1.77 bits per heavy atom. The fourth-order valence-corrected chi connectivity index (χ4v) is 3.74. The number of methoxy groups -OCH3 is 2. The molecule has 1 aliphatic heterocycles. The Bertz CT molecular complexity index is 1120. The highest BCUT2D eigenvalue weighted by Gasteiger charge is 2.22. The lowest BCUT2D eigenvalue weighted by Crippen LogP contribution is -2.49. The summed E-state index contributed by atoms with van der Waals surface area (Å²) in [7, 11) is 3.05. The number of carbonyl (C=O) groups excluding carboxylic acids is 1. The smallest absolute Gasteiger partial charge is 0.261 e. The molecular weight excluding hydrogens is 398 g/mol. The van der Waals surface area contributed by atoms with E-state index in [4.69, 9.17) is 9.47 Å². The standard InChI is InChI=1S/C22H25N5O4/c1-30-18-13-16-17(14-19(18)31-2)24-15-27(22(16)29)8-6-21(28)26-11-9-25(10-12-26)20-5-3-4-7-23-20/h3-5,7,13-15H,6,8-12H2,1-2H3. The van der Waals surface area contributed by atoms with Crippen LogP contribution in [-0.4, -0.2) is 65.7 Å². The molecule has 1 fully saturated rings. The highest BCUT2D eigenvalue weighted by Crippen LogP contribution is 2.29. The maximum atomic E-state index is 12.9. The Hall–Kier alpha value is -3.62. The van der Waals surface area contributed by atoms with Crippen LogP contribution in [0.1, 0.15) is 6.42 Å². The van der Waals surface area contributed by atoms with Crippen molar-refractivity contribution in [1.82, 2.24) is 19.4 Å². The zero-order chi connectivity index (χ0) is 21.8. The van der Waals surface area contributed by atoms with Crippen molar-refractivity contribution in [2.45, 2.75) is 13.0 Å². The highest BCUT2D eigenvalue weighted by molar-refractivity contribution is 5.81. The number of fused-ring (bicyclic) bond motifs is 1. The molecule has 31 heavy (non-hydrogen) atoms. The minimum Gasteiger partial charge on any atom is -0.493 e. The minimum atomic E-state index is -0.210. The number of piperazine rings is 1. The van der Waals surface area contributed by atoms with Crippen LogP contribution in [0.3, 0.4) is 0 Å². The number of ether oxygens (including phenoxy) is 2. The minimum absolute atomic E-state index is 0.0278. The van der Waals surface area contributed by atoms with E-state index < -0.39 is 0 Å². The van der Waals surface area contributed by atoms with E-state index in [9.17, 15) is 9.59 Å². The number of pyridine rings is 1. The molecule has 1 amide bonds. The molecule has 0 aliphatic carbocycles. The Morgan fingerprint density at radius 3 is 2.45 bits per heavy atom. The van der Waals surface area contributed by atoms with E-state index in [-0.39, 0.29) is 24.4 Å². The molecule has 1 aromatic carbocycles. The second-order valence-electron chi connectivity index (χ2n) is 7.27. The second kappa shape index (κ2) is 9.03. The van der Waals surface area contributed by atoms with Gasteiger partial charge in [-0.2, -0.15) is 0 Å². The van der Waals surface area contributed by atoms with Crippen LogP contribution in [0.5, 0.6) is 11.5 Å². The van der Waals surface area contributed by atoms with Crippen LogP contribution in [0.4, 0.5) is 5.82 Å². The molecule has 3 aromatic rings. The van der Waals surface area contributed by atoms with Crippen molar-refractivity contribution < 1.29 is 14.3 Å². The number of amides is 1. The number of aromatic nitrogens is 3. The maximum absolute atomic E-state index is 12.9. The normalized spacial score (nSPS) is 14.0. The van der Waals surface area contributed by atoms with E-state index in [0.29, 0.717) is 35.5 Å². The van der Waals surface area contributed by atoms with Gasteiger partial charge in [0.05, 0.1) is 31.4 Å². The summed E-state index contributed by atoms with van der Waals surface area (Å²) in [5.74, 6) is 1.93. The molecule has 0 N–H and O–H groups in total. The predicted octanol–water partition coefficient (Wildman–Crippen LogP) is 1.55. The van der Waals surface area contributed by atoms with Crippen molar-refractivity contribution in [3.8, 4) is 11.5 Å². The van der Waals surface area contributed by atoms with E-state index in [1.165, 1.54) is 25.1 Å². The summed E-state index contributed by atoms with van der Waals surface area (Å²) in [5.41, 5.74) is 0.314. The molecule has 0 radical (unpaired) electrons. The van der Waals surface area contributed by atoms with Gasteiger partial charge >= 0.3 is 0 Å². The van der Waals surface area contributed by atoms with Crippen molar-refractivity contribution in [2.24, 2.45) is 0 Å². The summed E-state index contributed by atoms with van der Waals surface area (Å²) >= 11 is 0. The monoisotopic (exact) mass is 423 g/mol. The number of benzene rings is 1. The van der Waals surface area contributed by atoms with Crippen LogP contribution in [0, 0.1) is 0 Å². The summed E-state index contributed by atoms with van der Waals surface area (Å²) < 4.78 is 12.0. The summed E-state index contributed by atoms with van der Waals surface area (Å²) in [6, 6.07) is 9.12. The zero-order valence-corrected chi connectivity index (χ0v) is 17.7. The molecule has 1 aliphatic rings. The molecule has 3 heterocycles. The molecule has 0 saturated carbocycles. The third-order valence-electron chi connectivity index (χ3n) is 5.50. The molecule has 0 bridgehead atoms. The maximum Gasteiger partial charge on any atom is 0.261 e.